The lowest BCUT2D eigenvalue weighted by atomic mass is 10.0. The Morgan fingerprint density at radius 3 is 2.70 bits per heavy atom. The van der Waals surface area contributed by atoms with Gasteiger partial charge in [-0.25, -0.2) is 9.37 Å². The predicted octanol–water partition coefficient (Wildman–Crippen LogP) is 5.38. The van der Waals surface area contributed by atoms with E-state index in [0.717, 1.165) is 38.9 Å². The van der Waals surface area contributed by atoms with Crippen LogP contribution in [0.25, 0.3) is 56.0 Å². The van der Waals surface area contributed by atoms with Crippen LogP contribution < -0.4 is 4.74 Å². The largest absolute Gasteiger partial charge is 0.497 e. The highest BCUT2D eigenvalue weighted by molar-refractivity contribution is 5.97. The van der Waals surface area contributed by atoms with E-state index in [0.29, 0.717) is 22.8 Å². The van der Waals surface area contributed by atoms with Crippen LogP contribution in [0.15, 0.2) is 73.1 Å². The number of benzene rings is 2. The molecule has 0 aliphatic carbocycles. The van der Waals surface area contributed by atoms with Gasteiger partial charge in [0.25, 0.3) is 0 Å². The third kappa shape index (κ3) is 3.28. The lowest BCUT2D eigenvalue weighted by molar-refractivity contribution is 0.411. The van der Waals surface area contributed by atoms with Crippen molar-refractivity contribution in [3.63, 3.8) is 0 Å². The first-order valence-electron chi connectivity index (χ1n) is 10.3. The molecule has 0 saturated heterocycles. The quantitative estimate of drug-likeness (QED) is 0.387. The summed E-state index contributed by atoms with van der Waals surface area (Å²) in [6, 6.07) is 18.0. The molecule has 0 aliphatic rings. The maximum Gasteiger partial charge on any atom is 0.159 e. The SMILES string of the molecule is COc1cc(F)cc(-c2cccc3[nH]c(-c4n[nH]c5cnc(-c6ccccn6)cc45)nc23)c1. The van der Waals surface area contributed by atoms with Crippen molar-refractivity contribution in [3.05, 3.63) is 78.9 Å². The van der Waals surface area contributed by atoms with Gasteiger partial charge >= 0.3 is 0 Å². The number of hydrogen-bond donors (Lipinski definition) is 2. The average Bonchev–Trinajstić information content (AvgIpc) is 3.47. The van der Waals surface area contributed by atoms with Crippen LogP contribution in [0.4, 0.5) is 4.39 Å². The van der Waals surface area contributed by atoms with Gasteiger partial charge in [0.05, 0.1) is 41.2 Å². The third-order valence-corrected chi connectivity index (χ3v) is 5.53. The molecule has 6 rings (SSSR count). The number of fused-ring (bicyclic) bond motifs is 2. The summed E-state index contributed by atoms with van der Waals surface area (Å²) in [6.45, 7) is 0. The number of H-pyrrole nitrogens is 2. The van der Waals surface area contributed by atoms with Gasteiger partial charge in [-0.2, -0.15) is 5.10 Å². The van der Waals surface area contributed by atoms with E-state index >= 15 is 0 Å². The van der Waals surface area contributed by atoms with Crippen LogP contribution in [0.3, 0.4) is 0 Å². The summed E-state index contributed by atoms with van der Waals surface area (Å²) >= 11 is 0. The molecular formula is C25H17FN6O. The number of rotatable bonds is 4. The number of imidazole rings is 1. The second-order valence-corrected chi connectivity index (χ2v) is 7.57. The van der Waals surface area contributed by atoms with Gasteiger partial charge in [-0.3, -0.25) is 15.1 Å². The molecule has 4 aromatic heterocycles. The van der Waals surface area contributed by atoms with Crippen LogP contribution in [0.2, 0.25) is 0 Å². The molecule has 0 atom stereocenters. The molecule has 4 heterocycles. The number of hydrogen-bond acceptors (Lipinski definition) is 5. The van der Waals surface area contributed by atoms with Crippen LogP contribution in [0, 0.1) is 5.82 Å². The standard InChI is InChI=1S/C25H17FN6O/c1-33-16-10-14(9-15(26)11-16)17-5-4-7-20-23(17)30-25(29-20)24-18-12-21(19-6-2-3-8-27-19)28-13-22(18)31-32-24/h2-13H,1H3,(H,29,30)(H,31,32). The van der Waals surface area contributed by atoms with Crippen LogP contribution in [0.5, 0.6) is 5.75 Å². The minimum Gasteiger partial charge on any atom is -0.497 e. The summed E-state index contributed by atoms with van der Waals surface area (Å²) in [5, 5.41) is 8.37. The Bertz CT molecular complexity index is 1620. The van der Waals surface area contributed by atoms with E-state index < -0.39 is 0 Å². The summed E-state index contributed by atoms with van der Waals surface area (Å²) < 4.78 is 19.4. The van der Waals surface area contributed by atoms with Crippen molar-refractivity contribution in [2.45, 2.75) is 0 Å². The molecule has 0 amide bonds. The van der Waals surface area contributed by atoms with Crippen molar-refractivity contribution in [2.75, 3.05) is 7.11 Å². The van der Waals surface area contributed by atoms with Crippen LogP contribution in [-0.4, -0.2) is 37.2 Å². The second-order valence-electron chi connectivity index (χ2n) is 7.57. The number of halogens is 1. The Balaban J connectivity index is 1.50. The van der Waals surface area contributed by atoms with Crippen molar-refractivity contribution < 1.29 is 9.13 Å². The van der Waals surface area contributed by atoms with E-state index in [1.165, 1.54) is 19.2 Å². The molecule has 8 heteroatoms. The van der Waals surface area contributed by atoms with Crippen molar-refractivity contribution in [1.82, 2.24) is 30.1 Å². The van der Waals surface area contributed by atoms with Crippen LogP contribution in [0.1, 0.15) is 0 Å². The number of pyridine rings is 2. The normalized spacial score (nSPS) is 11.3. The van der Waals surface area contributed by atoms with E-state index in [-0.39, 0.29) is 5.82 Å². The monoisotopic (exact) mass is 436 g/mol. The highest BCUT2D eigenvalue weighted by Crippen LogP contribution is 2.33. The Labute approximate surface area is 187 Å². The number of aromatic nitrogens is 6. The lowest BCUT2D eigenvalue weighted by Gasteiger charge is -2.06. The van der Waals surface area contributed by atoms with Gasteiger partial charge in [-0.05, 0) is 42.0 Å². The van der Waals surface area contributed by atoms with E-state index in [4.69, 9.17) is 9.72 Å². The molecule has 0 saturated carbocycles. The van der Waals surface area contributed by atoms with Crippen LogP contribution in [-0.2, 0) is 0 Å². The topological polar surface area (TPSA) is 92.4 Å². The Hall–Kier alpha value is -4.59. The molecule has 0 unspecified atom stereocenters. The molecule has 2 aromatic carbocycles. The third-order valence-electron chi connectivity index (χ3n) is 5.53. The summed E-state index contributed by atoms with van der Waals surface area (Å²) in [5.41, 5.74) is 6.00. The molecule has 33 heavy (non-hydrogen) atoms. The molecule has 160 valence electrons. The molecule has 2 N–H and O–H groups in total. The fourth-order valence-electron chi connectivity index (χ4n) is 3.96. The van der Waals surface area contributed by atoms with Crippen molar-refractivity contribution in [2.24, 2.45) is 0 Å². The number of methoxy groups -OCH3 is 1. The summed E-state index contributed by atoms with van der Waals surface area (Å²) in [4.78, 5) is 17.1. The number of para-hydroxylation sites is 1. The first kappa shape index (κ1) is 19.1. The van der Waals surface area contributed by atoms with E-state index in [1.807, 2.05) is 42.5 Å². The maximum absolute atomic E-state index is 14.1. The molecule has 0 spiro atoms. The highest BCUT2D eigenvalue weighted by atomic mass is 19.1. The Kier molecular flexibility index (Phi) is 4.36. The van der Waals surface area contributed by atoms with Crippen molar-refractivity contribution in [3.8, 4) is 39.8 Å². The maximum atomic E-state index is 14.1. The van der Waals surface area contributed by atoms with Gasteiger partial charge in [-0.15, -0.1) is 0 Å². The van der Waals surface area contributed by atoms with E-state index in [2.05, 4.69) is 25.1 Å². The minimum absolute atomic E-state index is 0.370. The summed E-state index contributed by atoms with van der Waals surface area (Å²) in [6.07, 6.45) is 3.47. The Morgan fingerprint density at radius 2 is 1.85 bits per heavy atom. The molecule has 0 fully saturated rings. The van der Waals surface area contributed by atoms with Crippen molar-refractivity contribution >= 4 is 21.9 Å². The smallest absolute Gasteiger partial charge is 0.159 e. The Morgan fingerprint density at radius 1 is 0.909 bits per heavy atom. The first-order chi connectivity index (χ1) is 16.2. The molecular weight excluding hydrogens is 419 g/mol. The van der Waals surface area contributed by atoms with Gasteiger partial charge in [0.2, 0.25) is 0 Å². The van der Waals surface area contributed by atoms with Gasteiger partial charge < -0.3 is 9.72 Å². The van der Waals surface area contributed by atoms with Gasteiger partial charge in [0.1, 0.15) is 17.3 Å². The molecule has 6 aromatic rings. The van der Waals surface area contributed by atoms with Gasteiger partial charge in [0.15, 0.2) is 5.82 Å². The summed E-state index contributed by atoms with van der Waals surface area (Å²) in [5.74, 6) is 0.681. The number of nitrogens with one attached hydrogen (secondary N) is 2. The fraction of sp³-hybridized carbons (Fsp3) is 0.0400. The lowest BCUT2D eigenvalue weighted by Crippen LogP contribution is -1.88. The fourth-order valence-corrected chi connectivity index (χ4v) is 3.96. The zero-order valence-corrected chi connectivity index (χ0v) is 17.5. The zero-order chi connectivity index (χ0) is 22.4. The van der Waals surface area contributed by atoms with Crippen LogP contribution >= 0.6 is 0 Å². The van der Waals surface area contributed by atoms with E-state index in [1.54, 1.807) is 18.5 Å². The predicted molar refractivity (Wildman–Crippen MR) is 124 cm³/mol. The number of aromatic amines is 2. The number of nitrogens with zero attached hydrogens (tertiary/aromatic N) is 4. The molecule has 0 bridgehead atoms. The minimum atomic E-state index is -0.370. The van der Waals surface area contributed by atoms with Crippen molar-refractivity contribution in [1.29, 1.82) is 0 Å². The highest BCUT2D eigenvalue weighted by Gasteiger charge is 2.17. The molecule has 0 aliphatic heterocycles. The zero-order valence-electron chi connectivity index (χ0n) is 17.5. The van der Waals surface area contributed by atoms with Gasteiger partial charge in [0, 0.05) is 23.2 Å². The summed E-state index contributed by atoms with van der Waals surface area (Å²) in [7, 11) is 1.52. The number of ether oxygens (including phenoxy) is 1. The molecule has 0 radical (unpaired) electrons. The average molecular weight is 436 g/mol. The van der Waals surface area contributed by atoms with E-state index in [9.17, 15) is 4.39 Å². The second kappa shape index (κ2) is 7.52. The molecule has 7 nitrogen and oxygen atoms in total. The van der Waals surface area contributed by atoms with Gasteiger partial charge in [-0.1, -0.05) is 18.2 Å². The first-order valence-corrected chi connectivity index (χ1v) is 10.3.